The van der Waals surface area contributed by atoms with Crippen molar-refractivity contribution in [3.05, 3.63) is 189 Å². The Labute approximate surface area is 468 Å². The largest absolute Gasteiger partial charge is 0.494 e. The Hall–Kier alpha value is -9.08. The summed E-state index contributed by atoms with van der Waals surface area (Å²) in [4.78, 5) is 95.5. The number of nitrogens with zero attached hydrogens (tertiary/aromatic N) is 6. The third-order valence-corrected chi connectivity index (χ3v) is 12.9. The maximum absolute atomic E-state index is 12.7. The SMILES string of the molecule is COC(=O)c1cc2c(cc1C)c(C(=Nc1ccc(C(=O)N(C)OCCBr)cc1)c1ccccc1)c(O)n2C(C)=O.COC(=O)c1cc2c(cc1C)c(C(=Nc1ccc(C(=O)N(C)OCCO)cc1)c1ccccc1)c(O)n2C(C)=O. The normalized spacial score (nSPS) is 11.5. The molecule has 412 valence electrons. The number of aromatic hydroxyl groups is 2. The molecule has 0 aliphatic heterocycles. The number of fused-ring (bicyclic) bond motifs is 2. The monoisotopic (exact) mass is 1150 g/mol. The molecule has 3 N–H and O–H groups in total. The van der Waals surface area contributed by atoms with Crippen molar-refractivity contribution in [2.24, 2.45) is 9.98 Å². The predicted molar refractivity (Wildman–Crippen MR) is 305 cm³/mol. The van der Waals surface area contributed by atoms with Crippen LogP contribution in [0.3, 0.4) is 0 Å². The van der Waals surface area contributed by atoms with Crippen LogP contribution in [0, 0.1) is 13.8 Å². The van der Waals surface area contributed by atoms with E-state index in [-0.39, 0.29) is 42.0 Å². The summed E-state index contributed by atoms with van der Waals surface area (Å²) in [5.41, 5.74) is 7.03. The van der Waals surface area contributed by atoms with E-state index < -0.39 is 29.7 Å². The van der Waals surface area contributed by atoms with Gasteiger partial charge in [0.1, 0.15) is 0 Å². The first-order valence-electron chi connectivity index (χ1n) is 24.8. The van der Waals surface area contributed by atoms with E-state index in [4.69, 9.17) is 34.2 Å². The minimum atomic E-state index is -0.560. The molecule has 0 bridgehead atoms. The number of amides is 2. The number of rotatable bonds is 16. The molecule has 0 spiro atoms. The van der Waals surface area contributed by atoms with Gasteiger partial charge in [-0.05, 0) is 97.8 Å². The second-order valence-corrected chi connectivity index (χ2v) is 18.7. The molecule has 0 unspecified atom stereocenters. The lowest BCUT2D eigenvalue weighted by atomic mass is 9.98. The Morgan fingerprint density at radius 3 is 1.23 bits per heavy atom. The first-order valence-corrected chi connectivity index (χ1v) is 25.9. The number of aliphatic hydroxyl groups excluding tert-OH is 1. The first-order chi connectivity index (χ1) is 38.3. The number of ether oxygens (including phenoxy) is 2. The Bertz CT molecular complexity index is 3460. The van der Waals surface area contributed by atoms with Crippen molar-refractivity contribution >= 4 is 96.1 Å². The fourth-order valence-corrected chi connectivity index (χ4v) is 8.93. The van der Waals surface area contributed by atoms with Crippen molar-refractivity contribution in [2.45, 2.75) is 27.7 Å². The third kappa shape index (κ3) is 12.6. The van der Waals surface area contributed by atoms with Crippen LogP contribution in [0.5, 0.6) is 11.8 Å². The summed E-state index contributed by atoms with van der Waals surface area (Å²) in [5.74, 6) is -3.32. The number of carbonyl (C=O) groups excluding carboxylic acids is 6. The Balaban J connectivity index is 0.000000231. The summed E-state index contributed by atoms with van der Waals surface area (Å²) in [6.07, 6.45) is 0. The smallest absolute Gasteiger partial charge is 0.338 e. The van der Waals surface area contributed by atoms with E-state index in [0.29, 0.717) is 101 Å². The molecule has 20 heteroatoms. The Kier molecular flexibility index (Phi) is 19.1. The highest BCUT2D eigenvalue weighted by atomic mass is 79.9. The van der Waals surface area contributed by atoms with Crippen molar-refractivity contribution in [1.82, 2.24) is 19.3 Å². The minimum absolute atomic E-state index is 0.0109. The number of esters is 2. The highest BCUT2D eigenvalue weighted by molar-refractivity contribution is 9.09. The van der Waals surface area contributed by atoms with Crippen LogP contribution in [-0.2, 0) is 19.1 Å². The van der Waals surface area contributed by atoms with Crippen LogP contribution in [0.1, 0.15) is 98.2 Å². The number of benzene rings is 6. The number of hydroxylamine groups is 4. The third-order valence-electron chi connectivity index (χ3n) is 12.6. The van der Waals surface area contributed by atoms with Gasteiger partial charge in [-0.2, -0.15) is 0 Å². The van der Waals surface area contributed by atoms with Crippen LogP contribution >= 0.6 is 15.9 Å². The second-order valence-electron chi connectivity index (χ2n) is 17.9. The van der Waals surface area contributed by atoms with Crippen molar-refractivity contribution in [2.75, 3.05) is 53.5 Å². The molecule has 0 saturated heterocycles. The summed E-state index contributed by atoms with van der Waals surface area (Å²) in [6, 6.07) is 38.1. The van der Waals surface area contributed by atoms with Gasteiger partial charge < -0.3 is 24.8 Å². The summed E-state index contributed by atoms with van der Waals surface area (Å²) in [6.45, 7) is 6.26. The van der Waals surface area contributed by atoms with E-state index in [2.05, 4.69) is 15.9 Å². The number of hydrogen-bond donors (Lipinski definition) is 3. The van der Waals surface area contributed by atoms with Gasteiger partial charge in [-0.15, -0.1) is 0 Å². The maximum Gasteiger partial charge on any atom is 0.338 e. The molecule has 0 aliphatic rings. The van der Waals surface area contributed by atoms with Crippen molar-refractivity contribution in [3.63, 3.8) is 0 Å². The maximum atomic E-state index is 12.7. The number of aromatic nitrogens is 2. The molecule has 2 aromatic heterocycles. The highest BCUT2D eigenvalue weighted by Gasteiger charge is 2.29. The number of methoxy groups -OCH3 is 2. The van der Waals surface area contributed by atoms with Crippen LogP contribution < -0.4 is 0 Å². The molecule has 0 aliphatic carbocycles. The lowest BCUT2D eigenvalue weighted by Gasteiger charge is -2.16. The average Bonchev–Trinajstić information content (AvgIpc) is 3.97. The fourth-order valence-electron chi connectivity index (χ4n) is 8.79. The fraction of sp³-hybridized carbons (Fsp3) is 0.200. The molecule has 0 radical (unpaired) electrons. The van der Waals surface area contributed by atoms with Gasteiger partial charge in [-0.1, -0.05) is 76.6 Å². The van der Waals surface area contributed by atoms with Gasteiger partial charge in [-0.25, -0.2) is 29.7 Å². The molecule has 0 atom stereocenters. The number of alkyl halides is 1. The molecular weight excluding hydrogens is 1090 g/mol. The second kappa shape index (κ2) is 26.0. The molecule has 19 nitrogen and oxygen atoms in total. The predicted octanol–water partition coefficient (Wildman–Crippen LogP) is 9.94. The van der Waals surface area contributed by atoms with Crippen LogP contribution in [0.2, 0.25) is 0 Å². The Morgan fingerprint density at radius 1 is 0.537 bits per heavy atom. The minimum Gasteiger partial charge on any atom is -0.494 e. The zero-order valence-corrected chi connectivity index (χ0v) is 46.6. The van der Waals surface area contributed by atoms with Gasteiger partial charge in [0, 0.05) is 66.3 Å². The van der Waals surface area contributed by atoms with Gasteiger partial charge in [-0.3, -0.25) is 38.0 Å². The first kappa shape index (κ1) is 58.6. The lowest BCUT2D eigenvalue weighted by molar-refractivity contribution is -0.114. The van der Waals surface area contributed by atoms with E-state index in [1.54, 1.807) is 81.6 Å². The zero-order chi connectivity index (χ0) is 57.9. The van der Waals surface area contributed by atoms with Crippen LogP contribution in [-0.4, -0.2) is 135 Å². The van der Waals surface area contributed by atoms with E-state index in [9.17, 15) is 39.0 Å². The lowest BCUT2D eigenvalue weighted by Crippen LogP contribution is -2.28. The molecule has 0 fully saturated rings. The number of hydrogen-bond acceptors (Lipinski definition) is 15. The average molecular weight is 1150 g/mol. The standard InChI is InChI=1S/C30H28BrN3O6.C30H29N3O7/c1-18-16-24-25(17-23(18)30(38)39-4)34(19(2)35)29(37)26(24)27(20-8-6-5-7-9-20)32-22-12-10-21(11-13-22)28(36)33(3)40-15-14-31;1-18-16-24-25(17-23(18)30(38)39-4)33(19(2)35)29(37)26(24)27(20-8-6-5-7-9-20)31-22-12-10-21(11-13-22)28(36)32(3)40-15-14-34/h5-13,16-17,37H,14-15H2,1-4H3;5-13,16-17,34,37H,14-15H2,1-4H3. The number of carbonyl (C=O) groups is 6. The van der Waals surface area contributed by atoms with Gasteiger partial charge in [0.25, 0.3) is 11.8 Å². The number of halogens is 1. The molecule has 80 heavy (non-hydrogen) atoms. The van der Waals surface area contributed by atoms with Gasteiger partial charge in [0.2, 0.25) is 23.6 Å². The van der Waals surface area contributed by atoms with E-state index in [1.165, 1.54) is 52.3 Å². The zero-order valence-electron chi connectivity index (χ0n) is 45.0. The molecule has 8 rings (SSSR count). The van der Waals surface area contributed by atoms with Crippen molar-refractivity contribution in [3.8, 4) is 11.8 Å². The van der Waals surface area contributed by atoms with Crippen LogP contribution in [0.15, 0.2) is 143 Å². The number of aryl methyl sites for hydroxylation is 2. The van der Waals surface area contributed by atoms with E-state index in [0.717, 1.165) is 14.2 Å². The summed E-state index contributed by atoms with van der Waals surface area (Å²) in [7, 11) is 5.56. The number of aliphatic hydroxyl groups is 1. The van der Waals surface area contributed by atoms with Gasteiger partial charge >= 0.3 is 11.9 Å². The molecule has 2 amide bonds. The number of aliphatic imine (C=N–C) groups is 2. The molecule has 6 aromatic carbocycles. The molecule has 0 saturated carbocycles. The van der Waals surface area contributed by atoms with Crippen LogP contribution in [0.25, 0.3) is 21.8 Å². The van der Waals surface area contributed by atoms with Gasteiger partial charge in [0.05, 0.1) is 90.1 Å². The molecule has 2 heterocycles. The summed E-state index contributed by atoms with van der Waals surface area (Å²) >= 11 is 3.26. The molecule has 8 aromatic rings. The van der Waals surface area contributed by atoms with Crippen LogP contribution in [0.4, 0.5) is 11.4 Å². The van der Waals surface area contributed by atoms with E-state index in [1.807, 2.05) is 60.7 Å². The highest BCUT2D eigenvalue weighted by Crippen LogP contribution is 2.38. The van der Waals surface area contributed by atoms with Crippen molar-refractivity contribution < 1.29 is 63.2 Å². The van der Waals surface area contributed by atoms with Gasteiger partial charge in [0.15, 0.2) is 0 Å². The Morgan fingerprint density at radius 2 is 0.900 bits per heavy atom. The topological polar surface area (TPSA) is 241 Å². The van der Waals surface area contributed by atoms with Crippen molar-refractivity contribution in [1.29, 1.82) is 0 Å². The molecular formula is C60H57BrN6O13. The summed E-state index contributed by atoms with van der Waals surface area (Å²) in [5, 5.41) is 35.6. The summed E-state index contributed by atoms with van der Waals surface area (Å²) < 4.78 is 12.1. The quantitative estimate of drug-likeness (QED) is 0.0354. The van der Waals surface area contributed by atoms with E-state index >= 15 is 0 Å².